The molecule has 0 fully saturated rings. The van der Waals surface area contributed by atoms with Crippen LogP contribution in [-0.4, -0.2) is 0 Å². The van der Waals surface area contributed by atoms with Gasteiger partial charge < -0.3 is 0 Å². The summed E-state index contributed by atoms with van der Waals surface area (Å²) in [5.74, 6) is 0. The van der Waals surface area contributed by atoms with Gasteiger partial charge in [-0.3, -0.25) is 0 Å². The van der Waals surface area contributed by atoms with Gasteiger partial charge in [-0.05, 0) is 166 Å². The zero-order chi connectivity index (χ0) is 44.2. The van der Waals surface area contributed by atoms with Gasteiger partial charge in [0, 0.05) is 0 Å². The largest absolute Gasteiger partial charge is 0.0726 e. The van der Waals surface area contributed by atoms with E-state index in [0.29, 0.717) is 0 Å². The van der Waals surface area contributed by atoms with Crippen LogP contribution in [0.1, 0.15) is 97.2 Å². The van der Waals surface area contributed by atoms with E-state index in [-0.39, 0.29) is 10.8 Å². The van der Waals surface area contributed by atoms with Crippen LogP contribution in [0.2, 0.25) is 0 Å². The van der Waals surface area contributed by atoms with Crippen LogP contribution >= 0.6 is 0 Å². The van der Waals surface area contributed by atoms with Gasteiger partial charge in [0.05, 0.1) is 10.8 Å². The van der Waals surface area contributed by atoms with Crippen LogP contribution in [0.3, 0.4) is 0 Å². The minimum absolute atomic E-state index is 0.00454. The Labute approximate surface area is 386 Å². The normalized spacial score (nSPS) is 18.3. The molecule has 0 aromatic heterocycles. The molecule has 0 heteroatoms. The molecular formula is C66H48. The second kappa shape index (κ2) is 11.9. The van der Waals surface area contributed by atoms with Gasteiger partial charge in [-0.1, -0.05) is 211 Å². The van der Waals surface area contributed by atoms with E-state index in [2.05, 4.69) is 224 Å². The van der Waals surface area contributed by atoms with Crippen molar-refractivity contribution in [2.24, 2.45) is 0 Å². The average Bonchev–Trinajstić information content (AvgIpc) is 4.01. The predicted octanol–water partition coefficient (Wildman–Crippen LogP) is 17.0. The number of benzene rings is 11. The molecular weight excluding hydrogens is 793 g/mol. The highest BCUT2D eigenvalue weighted by Gasteiger charge is 2.54. The van der Waals surface area contributed by atoms with Crippen molar-refractivity contribution >= 4 is 43.1 Å². The Balaban J connectivity index is 1.11. The molecule has 312 valence electrons. The fourth-order valence-corrected chi connectivity index (χ4v) is 14.0. The monoisotopic (exact) mass is 840 g/mol. The van der Waals surface area contributed by atoms with Crippen LogP contribution in [0.5, 0.6) is 0 Å². The second-order valence-corrected chi connectivity index (χ2v) is 21.9. The summed E-state index contributed by atoms with van der Waals surface area (Å²) in [5.41, 5.74) is 23.9. The molecule has 66 heavy (non-hydrogen) atoms. The average molecular weight is 841 g/mol. The summed E-state index contributed by atoms with van der Waals surface area (Å²) in [5, 5.41) is 10.8. The standard InChI is InChI=1S/C66H48/c1-63(2,3)37-29-31-41-39-17-7-11-25-51(39)65(55(41)33-37)53-27-13-9-19-45(53)61-47-23-15-22-44-50-36-58-62(48-24-16-21-43(60(48)50)49(59(44)47)35-57(61)65)46-20-10-14-28-54(46)66(58)52-26-12-8-18-40(52)42-32-30-38(34-56(42)66)64(4,5)6/h7-36H,1-6H3. The molecule has 0 bridgehead atoms. The quantitative estimate of drug-likeness (QED) is 0.105. The third-order valence-electron chi connectivity index (χ3n) is 16.7. The molecule has 0 aliphatic heterocycles. The summed E-state index contributed by atoms with van der Waals surface area (Å²) in [7, 11) is 0. The summed E-state index contributed by atoms with van der Waals surface area (Å²) in [6.45, 7) is 14.1. The lowest BCUT2D eigenvalue weighted by molar-refractivity contribution is 0.588. The number of fused-ring (bicyclic) bond motifs is 24. The summed E-state index contributed by atoms with van der Waals surface area (Å²) >= 11 is 0. The summed E-state index contributed by atoms with van der Waals surface area (Å²) in [4.78, 5) is 0. The van der Waals surface area contributed by atoms with Crippen molar-refractivity contribution in [1.29, 1.82) is 0 Å². The molecule has 0 saturated heterocycles. The number of hydrogen-bond acceptors (Lipinski definition) is 0. The molecule has 4 aliphatic rings. The molecule has 0 N–H and O–H groups in total. The lowest BCUT2D eigenvalue weighted by Gasteiger charge is -2.32. The Bertz CT molecular complexity index is 3750. The summed E-state index contributed by atoms with van der Waals surface area (Å²) in [6.07, 6.45) is 0. The van der Waals surface area contributed by atoms with Crippen molar-refractivity contribution in [3.8, 4) is 44.5 Å². The van der Waals surface area contributed by atoms with Crippen molar-refractivity contribution in [3.63, 3.8) is 0 Å². The minimum Gasteiger partial charge on any atom is -0.0619 e. The van der Waals surface area contributed by atoms with Gasteiger partial charge in [-0.25, -0.2) is 0 Å². The van der Waals surface area contributed by atoms with Crippen molar-refractivity contribution in [3.05, 3.63) is 238 Å². The van der Waals surface area contributed by atoms with Crippen LogP contribution in [-0.2, 0) is 21.7 Å². The first-order valence-corrected chi connectivity index (χ1v) is 23.9. The minimum atomic E-state index is -0.452. The van der Waals surface area contributed by atoms with Crippen LogP contribution in [0.25, 0.3) is 87.6 Å². The second-order valence-electron chi connectivity index (χ2n) is 21.9. The predicted molar refractivity (Wildman–Crippen MR) is 278 cm³/mol. The van der Waals surface area contributed by atoms with Gasteiger partial charge in [0.1, 0.15) is 0 Å². The van der Waals surface area contributed by atoms with E-state index in [1.54, 1.807) is 0 Å². The first-order chi connectivity index (χ1) is 32.0. The highest BCUT2D eigenvalue weighted by molar-refractivity contribution is 6.36. The summed E-state index contributed by atoms with van der Waals surface area (Å²) in [6, 6.07) is 71.6. The van der Waals surface area contributed by atoms with E-state index < -0.39 is 10.8 Å². The molecule has 11 aromatic rings. The van der Waals surface area contributed by atoms with Crippen molar-refractivity contribution in [2.45, 2.75) is 63.2 Å². The first kappa shape index (κ1) is 37.0. The van der Waals surface area contributed by atoms with Crippen LogP contribution in [0.4, 0.5) is 0 Å². The SMILES string of the molecule is CC(C)(C)c1ccc2c(c1)C1(c3ccccc3-2)c2ccccc2-c2c1cc1c3cccc4c5c(cc(c6cccc2c61)c43)C1(c2ccccc2-c2ccc(C(C)(C)C)cc21)c1ccccc1-5. The molecule has 0 nitrogen and oxygen atoms in total. The van der Waals surface area contributed by atoms with Gasteiger partial charge >= 0.3 is 0 Å². The van der Waals surface area contributed by atoms with E-state index in [1.807, 2.05) is 0 Å². The van der Waals surface area contributed by atoms with Crippen molar-refractivity contribution in [1.82, 2.24) is 0 Å². The Kier molecular flexibility index (Phi) is 6.69. The van der Waals surface area contributed by atoms with Gasteiger partial charge in [0.25, 0.3) is 0 Å². The van der Waals surface area contributed by atoms with Gasteiger partial charge in [-0.2, -0.15) is 0 Å². The fraction of sp³-hybridized carbons (Fsp3) is 0.152. The number of rotatable bonds is 0. The van der Waals surface area contributed by atoms with Crippen LogP contribution in [0.15, 0.2) is 182 Å². The third kappa shape index (κ3) is 4.12. The molecule has 4 aliphatic carbocycles. The maximum Gasteiger partial charge on any atom is 0.0726 e. The van der Waals surface area contributed by atoms with E-state index in [9.17, 15) is 0 Å². The zero-order valence-electron chi connectivity index (χ0n) is 38.3. The van der Waals surface area contributed by atoms with E-state index in [1.165, 1.54) is 143 Å². The van der Waals surface area contributed by atoms with Crippen LogP contribution < -0.4 is 0 Å². The topological polar surface area (TPSA) is 0 Å². The molecule has 2 unspecified atom stereocenters. The smallest absolute Gasteiger partial charge is 0.0619 e. The maximum atomic E-state index is 2.65. The Morgan fingerprint density at radius 1 is 0.258 bits per heavy atom. The molecule has 0 amide bonds. The van der Waals surface area contributed by atoms with Gasteiger partial charge in [0.15, 0.2) is 0 Å². The molecule has 11 aromatic carbocycles. The number of hydrogen-bond donors (Lipinski definition) is 0. The van der Waals surface area contributed by atoms with Crippen LogP contribution in [0, 0.1) is 0 Å². The Morgan fingerprint density at radius 3 is 0.985 bits per heavy atom. The van der Waals surface area contributed by atoms with Crippen molar-refractivity contribution in [2.75, 3.05) is 0 Å². The highest BCUT2D eigenvalue weighted by Crippen LogP contribution is 2.67. The lowest BCUT2D eigenvalue weighted by atomic mass is 9.68. The Hall–Kier alpha value is -7.28. The Morgan fingerprint density at radius 2 is 0.591 bits per heavy atom. The van der Waals surface area contributed by atoms with E-state index in [4.69, 9.17) is 0 Å². The van der Waals surface area contributed by atoms with E-state index in [0.717, 1.165) is 0 Å². The molecule has 15 rings (SSSR count). The summed E-state index contributed by atoms with van der Waals surface area (Å²) < 4.78 is 0. The molecule has 0 heterocycles. The zero-order valence-corrected chi connectivity index (χ0v) is 38.3. The third-order valence-corrected chi connectivity index (χ3v) is 16.7. The van der Waals surface area contributed by atoms with Crippen molar-refractivity contribution < 1.29 is 0 Å². The van der Waals surface area contributed by atoms with E-state index >= 15 is 0 Å². The molecule has 2 spiro atoms. The first-order valence-electron chi connectivity index (χ1n) is 23.9. The van der Waals surface area contributed by atoms with Gasteiger partial charge in [-0.15, -0.1) is 0 Å². The molecule has 0 saturated carbocycles. The molecule has 0 radical (unpaired) electrons. The van der Waals surface area contributed by atoms with Gasteiger partial charge in [0.2, 0.25) is 0 Å². The maximum absolute atomic E-state index is 2.65. The highest BCUT2D eigenvalue weighted by atomic mass is 14.6. The lowest BCUT2D eigenvalue weighted by Crippen LogP contribution is -2.26. The molecule has 2 atom stereocenters. The fourth-order valence-electron chi connectivity index (χ4n) is 14.0.